The Kier molecular flexibility index (Phi) is 6.40. The van der Waals surface area contributed by atoms with Gasteiger partial charge in [-0.05, 0) is 30.4 Å². The predicted octanol–water partition coefficient (Wildman–Crippen LogP) is 3.06. The second-order valence-corrected chi connectivity index (χ2v) is 5.96. The van der Waals surface area contributed by atoms with E-state index in [1.807, 2.05) is 24.3 Å². The Morgan fingerprint density at radius 2 is 1.86 bits per heavy atom. The summed E-state index contributed by atoms with van der Waals surface area (Å²) < 4.78 is 4.85. The van der Waals surface area contributed by atoms with Crippen molar-refractivity contribution in [1.82, 2.24) is 5.32 Å². The van der Waals surface area contributed by atoms with Gasteiger partial charge in [0.15, 0.2) is 0 Å². The minimum Gasteiger partial charge on any atom is -0.466 e. The molecule has 0 bridgehead atoms. The molecule has 0 saturated carbocycles. The third-order valence-electron chi connectivity index (χ3n) is 3.13. The molecule has 0 aromatic heterocycles. The van der Waals surface area contributed by atoms with Crippen LogP contribution in [-0.4, -0.2) is 25.0 Å². The summed E-state index contributed by atoms with van der Waals surface area (Å²) in [7, 11) is 0. The SMILES string of the molecule is CCOC(=O)CCCNC(=O)c1ccccc1C(C)(C)C. The van der Waals surface area contributed by atoms with Gasteiger partial charge >= 0.3 is 5.97 Å². The summed E-state index contributed by atoms with van der Waals surface area (Å²) in [5.41, 5.74) is 1.63. The van der Waals surface area contributed by atoms with E-state index in [2.05, 4.69) is 26.1 Å². The Balaban J connectivity index is 2.55. The van der Waals surface area contributed by atoms with Crippen LogP contribution in [0.25, 0.3) is 0 Å². The van der Waals surface area contributed by atoms with E-state index in [0.717, 1.165) is 5.56 Å². The zero-order chi connectivity index (χ0) is 15.9. The van der Waals surface area contributed by atoms with Crippen LogP contribution >= 0.6 is 0 Å². The Hall–Kier alpha value is -1.84. The van der Waals surface area contributed by atoms with Crippen molar-refractivity contribution in [3.05, 3.63) is 35.4 Å². The van der Waals surface area contributed by atoms with E-state index >= 15 is 0 Å². The molecule has 4 heteroatoms. The molecule has 4 nitrogen and oxygen atoms in total. The fourth-order valence-electron chi connectivity index (χ4n) is 2.10. The Bertz CT molecular complexity index is 489. The third-order valence-corrected chi connectivity index (χ3v) is 3.13. The van der Waals surface area contributed by atoms with Crippen molar-refractivity contribution >= 4 is 11.9 Å². The molecule has 0 saturated heterocycles. The summed E-state index contributed by atoms with van der Waals surface area (Å²) in [6, 6.07) is 7.62. The van der Waals surface area contributed by atoms with E-state index in [-0.39, 0.29) is 17.3 Å². The monoisotopic (exact) mass is 291 g/mol. The van der Waals surface area contributed by atoms with E-state index in [1.165, 1.54) is 0 Å². The van der Waals surface area contributed by atoms with Crippen LogP contribution in [0.4, 0.5) is 0 Å². The first-order valence-corrected chi connectivity index (χ1v) is 7.39. The maximum Gasteiger partial charge on any atom is 0.305 e. The number of benzene rings is 1. The molecule has 0 radical (unpaired) electrons. The predicted molar refractivity (Wildman–Crippen MR) is 83.3 cm³/mol. The minimum atomic E-state index is -0.221. The molecule has 1 aromatic rings. The maximum atomic E-state index is 12.3. The minimum absolute atomic E-state index is 0.0845. The van der Waals surface area contributed by atoms with Crippen molar-refractivity contribution in [3.8, 4) is 0 Å². The van der Waals surface area contributed by atoms with Crippen LogP contribution in [0.1, 0.15) is 56.5 Å². The third kappa shape index (κ3) is 5.58. The molecule has 0 atom stereocenters. The van der Waals surface area contributed by atoms with Gasteiger partial charge in [-0.3, -0.25) is 9.59 Å². The van der Waals surface area contributed by atoms with Crippen molar-refractivity contribution in [1.29, 1.82) is 0 Å². The number of esters is 1. The first kappa shape index (κ1) is 17.2. The fourth-order valence-corrected chi connectivity index (χ4v) is 2.10. The molecule has 1 aromatic carbocycles. The van der Waals surface area contributed by atoms with Gasteiger partial charge in [-0.15, -0.1) is 0 Å². The van der Waals surface area contributed by atoms with Crippen molar-refractivity contribution in [3.63, 3.8) is 0 Å². The highest BCUT2D eigenvalue weighted by molar-refractivity contribution is 5.96. The molecule has 116 valence electrons. The lowest BCUT2D eigenvalue weighted by Gasteiger charge is -2.22. The molecule has 1 rings (SSSR count). The zero-order valence-electron chi connectivity index (χ0n) is 13.4. The molecular formula is C17H25NO3. The van der Waals surface area contributed by atoms with Gasteiger partial charge in [0.1, 0.15) is 0 Å². The van der Waals surface area contributed by atoms with Crippen molar-refractivity contribution in [2.75, 3.05) is 13.2 Å². The Morgan fingerprint density at radius 1 is 1.19 bits per heavy atom. The van der Waals surface area contributed by atoms with Gasteiger partial charge in [0.25, 0.3) is 5.91 Å². The van der Waals surface area contributed by atoms with Gasteiger partial charge in [0, 0.05) is 18.5 Å². The van der Waals surface area contributed by atoms with E-state index in [1.54, 1.807) is 6.92 Å². The van der Waals surface area contributed by atoms with E-state index in [0.29, 0.717) is 31.6 Å². The second kappa shape index (κ2) is 7.81. The lowest BCUT2D eigenvalue weighted by Crippen LogP contribution is -2.28. The highest BCUT2D eigenvalue weighted by Crippen LogP contribution is 2.25. The molecule has 0 heterocycles. The largest absolute Gasteiger partial charge is 0.466 e. The summed E-state index contributed by atoms with van der Waals surface area (Å²) in [6.45, 7) is 8.89. The van der Waals surface area contributed by atoms with Crippen LogP contribution in [0, 0.1) is 0 Å². The van der Waals surface area contributed by atoms with Crippen LogP contribution in [0.2, 0.25) is 0 Å². The molecule has 21 heavy (non-hydrogen) atoms. The van der Waals surface area contributed by atoms with Crippen molar-refractivity contribution < 1.29 is 14.3 Å². The highest BCUT2D eigenvalue weighted by atomic mass is 16.5. The number of hydrogen-bond donors (Lipinski definition) is 1. The van der Waals surface area contributed by atoms with Gasteiger partial charge in [-0.25, -0.2) is 0 Å². The summed E-state index contributed by atoms with van der Waals surface area (Å²) >= 11 is 0. The van der Waals surface area contributed by atoms with Crippen LogP contribution in [0.3, 0.4) is 0 Å². The van der Waals surface area contributed by atoms with Crippen LogP contribution in [0.5, 0.6) is 0 Å². The van der Waals surface area contributed by atoms with Gasteiger partial charge in [0.05, 0.1) is 6.61 Å². The number of amides is 1. The number of carbonyl (C=O) groups excluding carboxylic acids is 2. The standard InChI is InChI=1S/C17H25NO3/c1-5-21-15(19)11-8-12-18-16(20)13-9-6-7-10-14(13)17(2,3)4/h6-7,9-10H,5,8,11-12H2,1-4H3,(H,18,20). The summed E-state index contributed by atoms with van der Waals surface area (Å²) in [5, 5.41) is 2.86. The number of hydrogen-bond acceptors (Lipinski definition) is 3. The molecule has 0 aliphatic heterocycles. The van der Waals surface area contributed by atoms with Crippen LogP contribution in [0.15, 0.2) is 24.3 Å². The molecule has 0 fully saturated rings. The van der Waals surface area contributed by atoms with Gasteiger partial charge in [0.2, 0.25) is 0 Å². The molecule has 0 unspecified atom stereocenters. The summed E-state index contributed by atoms with van der Waals surface area (Å²) in [5.74, 6) is -0.314. The molecule has 0 spiro atoms. The first-order chi connectivity index (χ1) is 9.86. The first-order valence-electron chi connectivity index (χ1n) is 7.39. The van der Waals surface area contributed by atoms with E-state index < -0.39 is 0 Å². The molecular weight excluding hydrogens is 266 g/mol. The molecule has 1 amide bonds. The van der Waals surface area contributed by atoms with Crippen molar-refractivity contribution in [2.45, 2.75) is 46.0 Å². The lowest BCUT2D eigenvalue weighted by molar-refractivity contribution is -0.143. The lowest BCUT2D eigenvalue weighted by atomic mass is 9.83. The average Bonchev–Trinajstić information content (AvgIpc) is 2.43. The average molecular weight is 291 g/mol. The van der Waals surface area contributed by atoms with Crippen molar-refractivity contribution in [2.24, 2.45) is 0 Å². The summed E-state index contributed by atoms with van der Waals surface area (Å²) in [6.07, 6.45) is 0.914. The molecule has 0 aliphatic carbocycles. The van der Waals surface area contributed by atoms with Gasteiger partial charge < -0.3 is 10.1 Å². The molecule has 0 aliphatic rings. The van der Waals surface area contributed by atoms with E-state index in [4.69, 9.17) is 4.74 Å². The topological polar surface area (TPSA) is 55.4 Å². The number of ether oxygens (including phenoxy) is 1. The Morgan fingerprint density at radius 3 is 2.48 bits per heavy atom. The van der Waals surface area contributed by atoms with Gasteiger partial charge in [-0.2, -0.15) is 0 Å². The van der Waals surface area contributed by atoms with E-state index in [9.17, 15) is 9.59 Å². The number of rotatable bonds is 6. The number of nitrogens with one attached hydrogen (secondary N) is 1. The highest BCUT2D eigenvalue weighted by Gasteiger charge is 2.20. The second-order valence-electron chi connectivity index (χ2n) is 5.96. The maximum absolute atomic E-state index is 12.3. The summed E-state index contributed by atoms with van der Waals surface area (Å²) in [4.78, 5) is 23.5. The van der Waals surface area contributed by atoms with Crippen LogP contribution in [-0.2, 0) is 14.9 Å². The quantitative estimate of drug-likeness (QED) is 0.647. The van der Waals surface area contributed by atoms with Crippen LogP contribution < -0.4 is 5.32 Å². The Labute approximate surface area is 126 Å². The smallest absolute Gasteiger partial charge is 0.305 e. The molecule has 1 N–H and O–H groups in total. The van der Waals surface area contributed by atoms with Gasteiger partial charge in [-0.1, -0.05) is 39.0 Å². The zero-order valence-corrected chi connectivity index (χ0v) is 13.4. The number of carbonyl (C=O) groups is 2. The fraction of sp³-hybridized carbons (Fsp3) is 0.529. The normalized spacial score (nSPS) is 11.0.